The Morgan fingerprint density at radius 3 is 2.67 bits per heavy atom. The van der Waals surface area contributed by atoms with Crippen molar-refractivity contribution in [1.29, 1.82) is 0 Å². The van der Waals surface area contributed by atoms with Crippen LogP contribution in [0.1, 0.15) is 31.7 Å². The number of aromatic nitrogens is 3. The van der Waals surface area contributed by atoms with Gasteiger partial charge in [-0.2, -0.15) is 5.10 Å². The predicted octanol–water partition coefficient (Wildman–Crippen LogP) is 2.33. The van der Waals surface area contributed by atoms with Gasteiger partial charge in [0.25, 0.3) is 0 Å². The molecule has 21 heavy (non-hydrogen) atoms. The van der Waals surface area contributed by atoms with Crippen LogP contribution >= 0.6 is 0 Å². The van der Waals surface area contributed by atoms with E-state index in [2.05, 4.69) is 10.1 Å². The molecule has 0 unspecified atom stereocenters. The highest BCUT2D eigenvalue weighted by molar-refractivity contribution is 5.65. The molecule has 7 nitrogen and oxygen atoms in total. The number of hydrogen-bond donors (Lipinski definition) is 1. The first kappa shape index (κ1) is 13.7. The van der Waals surface area contributed by atoms with Crippen LogP contribution in [0.2, 0.25) is 0 Å². The molecule has 0 spiro atoms. The van der Waals surface area contributed by atoms with E-state index in [1.54, 1.807) is 29.1 Å². The van der Waals surface area contributed by atoms with Crippen LogP contribution in [0.4, 0.5) is 5.69 Å². The van der Waals surface area contributed by atoms with Crippen LogP contribution in [0.25, 0.3) is 11.4 Å². The summed E-state index contributed by atoms with van der Waals surface area (Å²) in [5, 5.41) is 25.2. The number of aliphatic hydroxyl groups excluding tert-OH is 1. The molecular weight excluding hydrogens is 272 g/mol. The van der Waals surface area contributed by atoms with Crippen LogP contribution in [0.3, 0.4) is 0 Å². The first-order valence-corrected chi connectivity index (χ1v) is 6.98. The van der Waals surface area contributed by atoms with Gasteiger partial charge in [0, 0.05) is 6.20 Å². The number of pyridine rings is 1. The summed E-state index contributed by atoms with van der Waals surface area (Å²) in [6.07, 6.45) is 5.78. The second-order valence-corrected chi connectivity index (χ2v) is 5.28. The smallest absolute Gasteiger partial charge is 0.316 e. The van der Waals surface area contributed by atoms with Crippen LogP contribution in [0.15, 0.2) is 30.6 Å². The number of rotatable bonds is 3. The monoisotopic (exact) mass is 288 g/mol. The lowest BCUT2D eigenvalue weighted by molar-refractivity contribution is -0.384. The van der Waals surface area contributed by atoms with Crippen LogP contribution < -0.4 is 0 Å². The van der Waals surface area contributed by atoms with Crippen molar-refractivity contribution in [1.82, 2.24) is 14.8 Å². The van der Waals surface area contributed by atoms with Crippen LogP contribution in [0.5, 0.6) is 0 Å². The van der Waals surface area contributed by atoms with Gasteiger partial charge >= 0.3 is 5.69 Å². The number of aliphatic hydroxyl groups is 1. The summed E-state index contributed by atoms with van der Waals surface area (Å²) < 4.78 is 1.66. The largest absolute Gasteiger partial charge is 0.393 e. The molecule has 0 radical (unpaired) electrons. The fourth-order valence-electron chi connectivity index (χ4n) is 2.71. The van der Waals surface area contributed by atoms with E-state index in [9.17, 15) is 15.2 Å². The molecular formula is C14H16N4O3. The fraction of sp³-hybridized carbons (Fsp3) is 0.429. The molecule has 110 valence electrons. The minimum absolute atomic E-state index is 0.0279. The van der Waals surface area contributed by atoms with E-state index < -0.39 is 4.92 Å². The molecule has 0 amide bonds. The van der Waals surface area contributed by atoms with E-state index >= 15 is 0 Å². The van der Waals surface area contributed by atoms with E-state index in [1.165, 1.54) is 6.20 Å². The minimum Gasteiger partial charge on any atom is -0.393 e. The summed E-state index contributed by atoms with van der Waals surface area (Å²) in [6, 6.07) is 5.35. The summed E-state index contributed by atoms with van der Waals surface area (Å²) in [4.78, 5) is 14.9. The highest BCUT2D eigenvalue weighted by atomic mass is 16.6. The molecule has 7 heteroatoms. The van der Waals surface area contributed by atoms with E-state index in [1.807, 2.05) is 0 Å². The zero-order valence-corrected chi connectivity index (χ0v) is 11.4. The molecule has 3 rings (SSSR count). The van der Waals surface area contributed by atoms with Gasteiger partial charge in [0.05, 0.1) is 22.8 Å². The Balaban J connectivity index is 1.95. The molecule has 2 aromatic heterocycles. The van der Waals surface area contributed by atoms with Crippen molar-refractivity contribution in [3.63, 3.8) is 0 Å². The molecule has 0 bridgehead atoms. The molecule has 2 aromatic rings. The zero-order valence-electron chi connectivity index (χ0n) is 11.4. The average molecular weight is 288 g/mol. The van der Waals surface area contributed by atoms with Crippen molar-refractivity contribution in [3.8, 4) is 11.4 Å². The normalized spacial score (nSPS) is 22.1. The molecule has 1 aliphatic rings. The van der Waals surface area contributed by atoms with Crippen molar-refractivity contribution in [2.24, 2.45) is 0 Å². The van der Waals surface area contributed by atoms with Gasteiger partial charge in [-0.05, 0) is 37.8 Å². The Morgan fingerprint density at radius 2 is 2.05 bits per heavy atom. The van der Waals surface area contributed by atoms with E-state index in [0.717, 1.165) is 12.8 Å². The summed E-state index contributed by atoms with van der Waals surface area (Å²) in [6.45, 7) is 0. The maximum Gasteiger partial charge on any atom is 0.316 e. The molecule has 1 saturated carbocycles. The maximum absolute atomic E-state index is 11.2. The van der Waals surface area contributed by atoms with Gasteiger partial charge in [0.2, 0.25) is 0 Å². The molecule has 2 heterocycles. The number of hydrogen-bond acceptors (Lipinski definition) is 5. The van der Waals surface area contributed by atoms with Gasteiger partial charge in [0.1, 0.15) is 6.20 Å². The second kappa shape index (κ2) is 5.61. The third-order valence-electron chi connectivity index (χ3n) is 3.86. The Morgan fingerprint density at radius 1 is 1.29 bits per heavy atom. The Bertz CT molecular complexity index is 633. The standard InChI is InChI=1S/C14H16N4O3/c19-11-6-4-10(5-7-11)17-9-13(18(20)21)14(16-17)12-3-1-2-8-15-12/h1-3,8-11,19H,4-7H2/t10-,11-. The van der Waals surface area contributed by atoms with Gasteiger partial charge in [-0.1, -0.05) is 6.07 Å². The maximum atomic E-state index is 11.2. The first-order valence-electron chi connectivity index (χ1n) is 6.98. The second-order valence-electron chi connectivity index (χ2n) is 5.28. The SMILES string of the molecule is O=[N+]([O-])c1cn([C@H]2CC[C@H](O)CC2)nc1-c1ccccn1. The number of nitrogens with zero attached hydrogens (tertiary/aromatic N) is 4. The highest BCUT2D eigenvalue weighted by Gasteiger charge is 2.27. The lowest BCUT2D eigenvalue weighted by atomic mass is 9.93. The van der Waals surface area contributed by atoms with Gasteiger partial charge < -0.3 is 5.11 Å². The van der Waals surface area contributed by atoms with Gasteiger partial charge in [-0.15, -0.1) is 0 Å². The highest BCUT2D eigenvalue weighted by Crippen LogP contribution is 2.33. The summed E-state index contributed by atoms with van der Waals surface area (Å²) >= 11 is 0. The van der Waals surface area contributed by atoms with Gasteiger partial charge in [-0.3, -0.25) is 19.8 Å². The fourth-order valence-corrected chi connectivity index (χ4v) is 2.71. The summed E-state index contributed by atoms with van der Waals surface area (Å²) in [5.41, 5.74) is 0.769. The molecule has 0 aromatic carbocycles. The lowest BCUT2D eigenvalue weighted by Gasteiger charge is -2.25. The number of nitro groups is 1. The lowest BCUT2D eigenvalue weighted by Crippen LogP contribution is -2.21. The van der Waals surface area contributed by atoms with E-state index in [-0.39, 0.29) is 17.8 Å². The quantitative estimate of drug-likeness (QED) is 0.691. The Labute approximate surface area is 121 Å². The summed E-state index contributed by atoms with van der Waals surface area (Å²) in [5.74, 6) is 0. The van der Waals surface area contributed by atoms with Crippen molar-refractivity contribution in [3.05, 3.63) is 40.7 Å². The Hall–Kier alpha value is -2.28. The average Bonchev–Trinajstić information content (AvgIpc) is 2.94. The van der Waals surface area contributed by atoms with E-state index in [0.29, 0.717) is 24.2 Å². The van der Waals surface area contributed by atoms with Crippen LogP contribution in [-0.4, -0.2) is 30.9 Å². The molecule has 1 fully saturated rings. The summed E-state index contributed by atoms with van der Waals surface area (Å²) in [7, 11) is 0. The molecule has 1 aliphatic carbocycles. The molecule has 0 aliphatic heterocycles. The van der Waals surface area contributed by atoms with Crippen molar-refractivity contribution in [2.45, 2.75) is 37.8 Å². The molecule has 1 N–H and O–H groups in total. The van der Waals surface area contributed by atoms with Crippen molar-refractivity contribution >= 4 is 5.69 Å². The molecule has 0 atom stereocenters. The van der Waals surface area contributed by atoms with Gasteiger partial charge in [-0.25, -0.2) is 0 Å². The van der Waals surface area contributed by atoms with Crippen molar-refractivity contribution < 1.29 is 10.0 Å². The first-order chi connectivity index (χ1) is 10.1. The van der Waals surface area contributed by atoms with Crippen LogP contribution in [-0.2, 0) is 0 Å². The van der Waals surface area contributed by atoms with Gasteiger partial charge in [0.15, 0.2) is 5.69 Å². The zero-order chi connectivity index (χ0) is 14.8. The van der Waals surface area contributed by atoms with Crippen LogP contribution in [0, 0.1) is 10.1 Å². The molecule has 0 saturated heterocycles. The minimum atomic E-state index is -0.425. The third-order valence-corrected chi connectivity index (χ3v) is 3.86. The predicted molar refractivity (Wildman–Crippen MR) is 75.6 cm³/mol. The third kappa shape index (κ3) is 2.78. The van der Waals surface area contributed by atoms with E-state index in [4.69, 9.17) is 0 Å². The Kier molecular flexibility index (Phi) is 3.66. The topological polar surface area (TPSA) is 94.1 Å². The van der Waals surface area contributed by atoms with Crippen molar-refractivity contribution in [2.75, 3.05) is 0 Å².